The maximum atomic E-state index is 9.55. The van der Waals surface area contributed by atoms with Gasteiger partial charge in [0.2, 0.25) is 0 Å². The van der Waals surface area contributed by atoms with Gasteiger partial charge in [-0.15, -0.1) is 0 Å². The average molecular weight is 325 g/mol. The number of carboxylic acids is 2. The second-order valence-corrected chi connectivity index (χ2v) is 4.60. The molecule has 3 N–H and O–H groups in total. The molecule has 2 heterocycles. The maximum absolute atomic E-state index is 9.55. The van der Waals surface area contributed by atoms with Crippen LogP contribution in [0.2, 0.25) is 0 Å². The summed E-state index contributed by atoms with van der Waals surface area (Å²) in [7, 11) is 0. The molecule has 2 aromatic heterocycles. The van der Waals surface area contributed by atoms with Gasteiger partial charge in [0.05, 0.1) is 11.2 Å². The minimum atomic E-state index is -1.26. The van der Waals surface area contributed by atoms with Crippen molar-refractivity contribution >= 4 is 28.5 Å². The molecule has 1 aromatic carbocycles. The number of benzene rings is 1. The highest BCUT2D eigenvalue weighted by atomic mass is 16.4. The average Bonchev–Trinajstić information content (AvgIpc) is 2.98. The first-order valence-electron chi connectivity index (χ1n) is 6.93. The number of aliphatic carboxylic acids is 2. The predicted octanol–water partition coefficient (Wildman–Crippen LogP) is 2.62. The van der Waals surface area contributed by atoms with Gasteiger partial charge in [-0.25, -0.2) is 9.59 Å². The first kappa shape index (κ1) is 16.8. The van der Waals surface area contributed by atoms with Crippen molar-refractivity contribution < 1.29 is 19.8 Å². The lowest BCUT2D eigenvalue weighted by Crippen LogP contribution is -2.06. The van der Waals surface area contributed by atoms with Crippen molar-refractivity contribution in [2.75, 3.05) is 5.43 Å². The van der Waals surface area contributed by atoms with E-state index in [1.165, 1.54) is 10.9 Å². The van der Waals surface area contributed by atoms with Crippen molar-refractivity contribution in [2.45, 2.75) is 0 Å². The smallest absolute Gasteiger partial charge is 0.328 e. The molecule has 0 spiro atoms. The van der Waals surface area contributed by atoms with Crippen molar-refractivity contribution in [3.8, 4) is 0 Å². The Morgan fingerprint density at radius 3 is 2.21 bits per heavy atom. The van der Waals surface area contributed by atoms with Crippen LogP contribution in [0.4, 0.5) is 5.69 Å². The molecule has 7 nitrogen and oxygen atoms in total. The SMILES string of the molecule is O=C(O)/C=C\C(=O)O.c1ccc2c(c1)ccn2Nc1ccncc1. The zero-order valence-corrected chi connectivity index (χ0v) is 12.5. The summed E-state index contributed by atoms with van der Waals surface area (Å²) in [4.78, 5) is 23.1. The van der Waals surface area contributed by atoms with Gasteiger partial charge in [0.25, 0.3) is 0 Å². The topological polar surface area (TPSA) is 104 Å². The monoisotopic (exact) mass is 325 g/mol. The quantitative estimate of drug-likeness (QED) is 0.637. The fourth-order valence-electron chi connectivity index (χ4n) is 1.89. The third kappa shape index (κ3) is 4.99. The summed E-state index contributed by atoms with van der Waals surface area (Å²) < 4.78 is 2.00. The van der Waals surface area contributed by atoms with Crippen molar-refractivity contribution in [3.05, 3.63) is 73.2 Å². The molecule has 3 aromatic rings. The molecule has 24 heavy (non-hydrogen) atoms. The minimum absolute atomic E-state index is 0.558. The first-order chi connectivity index (χ1) is 11.6. The zero-order chi connectivity index (χ0) is 17.4. The zero-order valence-electron chi connectivity index (χ0n) is 12.5. The van der Waals surface area contributed by atoms with Crippen LogP contribution in [0.25, 0.3) is 10.9 Å². The Balaban J connectivity index is 0.000000224. The van der Waals surface area contributed by atoms with Gasteiger partial charge < -0.3 is 10.2 Å². The van der Waals surface area contributed by atoms with Crippen molar-refractivity contribution in [3.63, 3.8) is 0 Å². The molecule has 0 unspecified atom stereocenters. The number of hydrogen-bond acceptors (Lipinski definition) is 4. The number of carbonyl (C=O) groups is 2. The molecule has 0 amide bonds. The van der Waals surface area contributed by atoms with Gasteiger partial charge in [-0.2, -0.15) is 0 Å². The van der Waals surface area contributed by atoms with E-state index < -0.39 is 11.9 Å². The number of nitrogens with zero attached hydrogens (tertiary/aromatic N) is 2. The third-order valence-electron chi connectivity index (χ3n) is 2.90. The lowest BCUT2D eigenvalue weighted by atomic mass is 10.3. The Labute approximate surface area is 137 Å². The van der Waals surface area contributed by atoms with Crippen molar-refractivity contribution in [1.82, 2.24) is 9.66 Å². The summed E-state index contributed by atoms with van der Waals surface area (Å²) in [5.41, 5.74) is 5.49. The van der Waals surface area contributed by atoms with E-state index in [1.54, 1.807) is 12.4 Å². The summed E-state index contributed by atoms with van der Waals surface area (Å²) in [5, 5.41) is 16.9. The van der Waals surface area contributed by atoms with Crippen LogP contribution < -0.4 is 5.43 Å². The molecule has 0 atom stereocenters. The molecule has 0 fully saturated rings. The molecule has 0 radical (unpaired) electrons. The molecule has 0 bridgehead atoms. The molecular formula is C17H15N3O4. The Hall–Kier alpha value is -3.61. The Morgan fingerprint density at radius 1 is 0.958 bits per heavy atom. The number of carboxylic acid groups (broad SMARTS) is 2. The number of pyridine rings is 1. The van der Waals surface area contributed by atoms with Gasteiger partial charge in [0, 0.05) is 36.1 Å². The van der Waals surface area contributed by atoms with Gasteiger partial charge in [0.1, 0.15) is 0 Å². The molecule has 0 saturated heterocycles. The standard InChI is InChI=1S/C13H11N3.C4H4O4/c1-2-4-13-11(3-1)7-10-16(13)15-12-5-8-14-9-6-12;5-3(6)1-2-4(7)8/h1-10H,(H,14,15);1-2H,(H,5,6)(H,7,8)/b;2-1-. The lowest BCUT2D eigenvalue weighted by molar-refractivity contribution is -0.134. The van der Waals surface area contributed by atoms with Gasteiger partial charge in [0.15, 0.2) is 0 Å². The summed E-state index contributed by atoms with van der Waals surface area (Å²) >= 11 is 0. The van der Waals surface area contributed by atoms with Crippen molar-refractivity contribution in [2.24, 2.45) is 0 Å². The molecule has 7 heteroatoms. The Bertz CT molecular complexity index is 840. The fourth-order valence-corrected chi connectivity index (χ4v) is 1.89. The Morgan fingerprint density at radius 2 is 1.58 bits per heavy atom. The summed E-state index contributed by atoms with van der Waals surface area (Å²) in [6.45, 7) is 0. The molecule has 0 aliphatic heterocycles. The fraction of sp³-hybridized carbons (Fsp3) is 0. The van der Waals surface area contributed by atoms with Crippen LogP contribution in [-0.2, 0) is 9.59 Å². The largest absolute Gasteiger partial charge is 0.478 e. The van der Waals surface area contributed by atoms with E-state index in [1.807, 2.05) is 35.1 Å². The van der Waals surface area contributed by atoms with E-state index in [4.69, 9.17) is 10.2 Å². The highest BCUT2D eigenvalue weighted by Gasteiger charge is 1.99. The van der Waals surface area contributed by atoms with E-state index in [2.05, 4.69) is 28.6 Å². The number of fused-ring (bicyclic) bond motifs is 1. The number of hydrogen-bond donors (Lipinski definition) is 3. The highest BCUT2D eigenvalue weighted by molar-refractivity contribution is 5.89. The number of anilines is 1. The van der Waals surface area contributed by atoms with Crippen LogP contribution in [0.5, 0.6) is 0 Å². The summed E-state index contributed by atoms with van der Waals surface area (Å²) in [5.74, 6) is -2.51. The maximum Gasteiger partial charge on any atom is 0.328 e. The molecule has 0 saturated carbocycles. The van der Waals surface area contributed by atoms with Gasteiger partial charge in [-0.05, 0) is 24.3 Å². The van der Waals surface area contributed by atoms with E-state index in [9.17, 15) is 9.59 Å². The highest BCUT2D eigenvalue weighted by Crippen LogP contribution is 2.15. The van der Waals surface area contributed by atoms with Gasteiger partial charge in [-0.1, -0.05) is 18.2 Å². The lowest BCUT2D eigenvalue weighted by Gasteiger charge is -2.08. The predicted molar refractivity (Wildman–Crippen MR) is 89.6 cm³/mol. The number of rotatable bonds is 4. The number of nitrogens with one attached hydrogen (secondary N) is 1. The first-order valence-corrected chi connectivity index (χ1v) is 6.93. The molecular weight excluding hydrogens is 310 g/mol. The second kappa shape index (κ2) is 8.14. The number of para-hydroxylation sites is 1. The normalized spacial score (nSPS) is 10.2. The van der Waals surface area contributed by atoms with Gasteiger partial charge in [-0.3, -0.25) is 15.1 Å². The number of aromatic nitrogens is 2. The summed E-state index contributed by atoms with van der Waals surface area (Å²) in [6, 6.07) is 14.2. The molecule has 0 aliphatic carbocycles. The van der Waals surface area contributed by atoms with Crippen LogP contribution in [0.3, 0.4) is 0 Å². The van der Waals surface area contributed by atoms with E-state index in [0.717, 1.165) is 5.69 Å². The van der Waals surface area contributed by atoms with Crippen LogP contribution in [-0.4, -0.2) is 31.8 Å². The van der Waals surface area contributed by atoms with E-state index in [0.29, 0.717) is 12.2 Å². The van der Waals surface area contributed by atoms with Crippen molar-refractivity contribution in [1.29, 1.82) is 0 Å². The molecule has 0 aliphatic rings. The Kier molecular flexibility index (Phi) is 5.68. The third-order valence-corrected chi connectivity index (χ3v) is 2.90. The van der Waals surface area contributed by atoms with Crippen LogP contribution >= 0.6 is 0 Å². The van der Waals surface area contributed by atoms with E-state index in [-0.39, 0.29) is 0 Å². The second-order valence-electron chi connectivity index (χ2n) is 4.60. The van der Waals surface area contributed by atoms with Crippen LogP contribution in [0.1, 0.15) is 0 Å². The minimum Gasteiger partial charge on any atom is -0.478 e. The van der Waals surface area contributed by atoms with E-state index >= 15 is 0 Å². The van der Waals surface area contributed by atoms with Crippen LogP contribution in [0.15, 0.2) is 73.2 Å². The molecule has 3 rings (SSSR count). The summed E-state index contributed by atoms with van der Waals surface area (Å²) in [6.07, 6.45) is 6.68. The molecule has 122 valence electrons. The van der Waals surface area contributed by atoms with Crippen LogP contribution in [0, 0.1) is 0 Å². The van der Waals surface area contributed by atoms with Gasteiger partial charge >= 0.3 is 11.9 Å².